The van der Waals surface area contributed by atoms with Gasteiger partial charge in [0.2, 0.25) is 0 Å². The Morgan fingerprint density at radius 3 is 2.20 bits per heavy atom. The second-order valence-electron chi connectivity index (χ2n) is 4.49. The third-order valence-corrected chi connectivity index (χ3v) is 5.61. The molecule has 1 heterocycles. The maximum atomic E-state index is 11.3. The SMILES string of the molecule is CCC(CC)(CS)CN1CCS(=O)CC1. The second-order valence-corrected chi connectivity index (χ2v) is 6.50. The van der Waals surface area contributed by atoms with Crippen LogP contribution in [0.15, 0.2) is 0 Å². The van der Waals surface area contributed by atoms with Gasteiger partial charge in [0.05, 0.1) is 0 Å². The number of hydrogen-bond acceptors (Lipinski definition) is 3. The first-order valence-corrected chi connectivity index (χ1v) is 7.96. The normalized spacial score (nSPS) is 20.7. The van der Waals surface area contributed by atoms with E-state index in [0.717, 1.165) is 36.9 Å². The third kappa shape index (κ3) is 3.75. The Hall–Kier alpha value is 0.460. The minimum Gasteiger partial charge on any atom is -0.301 e. The van der Waals surface area contributed by atoms with Gasteiger partial charge < -0.3 is 4.90 Å². The van der Waals surface area contributed by atoms with Gasteiger partial charge in [0, 0.05) is 41.9 Å². The summed E-state index contributed by atoms with van der Waals surface area (Å²) in [5, 5.41) is 0. The molecule has 0 saturated carbocycles. The molecule has 0 aliphatic carbocycles. The van der Waals surface area contributed by atoms with Crippen LogP contribution in [0.5, 0.6) is 0 Å². The van der Waals surface area contributed by atoms with Crippen LogP contribution in [0.4, 0.5) is 0 Å². The van der Waals surface area contributed by atoms with Crippen LogP contribution < -0.4 is 0 Å². The zero-order valence-corrected chi connectivity index (χ0v) is 11.6. The molecule has 1 aliphatic heterocycles. The molecule has 1 rings (SSSR count). The first kappa shape index (κ1) is 13.5. The van der Waals surface area contributed by atoms with Gasteiger partial charge in [0.15, 0.2) is 0 Å². The minimum absolute atomic E-state index is 0.363. The van der Waals surface area contributed by atoms with E-state index in [2.05, 4.69) is 31.4 Å². The van der Waals surface area contributed by atoms with Crippen LogP contribution in [0.1, 0.15) is 26.7 Å². The average Bonchev–Trinajstić information content (AvgIpc) is 2.29. The topological polar surface area (TPSA) is 20.3 Å². The molecule has 0 atom stereocenters. The van der Waals surface area contributed by atoms with E-state index in [1.807, 2.05) is 0 Å². The van der Waals surface area contributed by atoms with E-state index in [9.17, 15) is 4.21 Å². The predicted octanol–water partition coefficient (Wildman–Crippen LogP) is 1.79. The van der Waals surface area contributed by atoms with E-state index in [1.54, 1.807) is 0 Å². The summed E-state index contributed by atoms with van der Waals surface area (Å²) < 4.78 is 11.3. The monoisotopic (exact) mass is 249 g/mol. The summed E-state index contributed by atoms with van der Waals surface area (Å²) in [4.78, 5) is 2.46. The number of hydrogen-bond donors (Lipinski definition) is 1. The summed E-state index contributed by atoms with van der Waals surface area (Å²) in [6.45, 7) is 7.63. The molecular formula is C11H23NOS2. The van der Waals surface area contributed by atoms with Gasteiger partial charge in [-0.3, -0.25) is 4.21 Å². The standard InChI is InChI=1S/C11H23NOS2/c1-3-11(4-2,10-14)9-12-5-7-15(13)8-6-12/h14H,3-10H2,1-2H3. The molecule has 15 heavy (non-hydrogen) atoms. The molecule has 0 aromatic heterocycles. The van der Waals surface area contributed by atoms with Crippen molar-refractivity contribution in [1.29, 1.82) is 0 Å². The predicted molar refractivity (Wildman–Crippen MR) is 71.2 cm³/mol. The van der Waals surface area contributed by atoms with E-state index >= 15 is 0 Å². The van der Waals surface area contributed by atoms with Crippen molar-refractivity contribution in [2.24, 2.45) is 5.41 Å². The first-order chi connectivity index (χ1) is 7.15. The number of thiol groups is 1. The van der Waals surface area contributed by atoms with E-state index < -0.39 is 10.8 Å². The Kier molecular flexibility index (Phi) is 5.64. The average molecular weight is 249 g/mol. The quantitative estimate of drug-likeness (QED) is 0.750. The Labute approximate surface area is 102 Å². The fourth-order valence-electron chi connectivity index (χ4n) is 2.06. The second kappa shape index (κ2) is 6.26. The van der Waals surface area contributed by atoms with Crippen LogP contribution in [-0.4, -0.2) is 46.0 Å². The van der Waals surface area contributed by atoms with Crippen LogP contribution in [0, 0.1) is 5.41 Å². The Bertz CT molecular complexity index is 198. The van der Waals surface area contributed by atoms with Gasteiger partial charge in [-0.05, 0) is 24.0 Å². The van der Waals surface area contributed by atoms with Crippen molar-refractivity contribution >= 4 is 23.4 Å². The van der Waals surface area contributed by atoms with Crippen molar-refractivity contribution < 1.29 is 4.21 Å². The summed E-state index contributed by atoms with van der Waals surface area (Å²) in [6.07, 6.45) is 2.37. The molecule has 0 amide bonds. The van der Waals surface area contributed by atoms with E-state index in [-0.39, 0.29) is 0 Å². The molecule has 1 saturated heterocycles. The van der Waals surface area contributed by atoms with Crippen LogP contribution in [-0.2, 0) is 10.8 Å². The highest BCUT2D eigenvalue weighted by Crippen LogP contribution is 2.29. The van der Waals surface area contributed by atoms with E-state index in [4.69, 9.17) is 0 Å². The fourth-order valence-corrected chi connectivity index (χ4v) is 3.73. The molecule has 0 unspecified atom stereocenters. The van der Waals surface area contributed by atoms with Crippen molar-refractivity contribution in [3.05, 3.63) is 0 Å². The lowest BCUT2D eigenvalue weighted by atomic mass is 9.84. The summed E-state index contributed by atoms with van der Waals surface area (Å²) in [5.74, 6) is 2.67. The van der Waals surface area contributed by atoms with Crippen LogP contribution in [0.25, 0.3) is 0 Å². The van der Waals surface area contributed by atoms with Crippen LogP contribution >= 0.6 is 12.6 Å². The van der Waals surface area contributed by atoms with Crippen molar-refractivity contribution in [3.8, 4) is 0 Å². The molecule has 90 valence electrons. The number of rotatable bonds is 5. The van der Waals surface area contributed by atoms with Crippen molar-refractivity contribution in [2.45, 2.75) is 26.7 Å². The molecule has 0 bridgehead atoms. The highest BCUT2D eigenvalue weighted by Gasteiger charge is 2.28. The molecule has 2 nitrogen and oxygen atoms in total. The molecule has 0 spiro atoms. The summed E-state index contributed by atoms with van der Waals surface area (Å²) in [7, 11) is -0.556. The highest BCUT2D eigenvalue weighted by atomic mass is 32.2. The third-order valence-electron chi connectivity index (χ3n) is 3.66. The minimum atomic E-state index is -0.556. The smallest absolute Gasteiger partial charge is 0.0363 e. The zero-order chi connectivity index (χ0) is 11.3. The Morgan fingerprint density at radius 2 is 1.80 bits per heavy atom. The lowest BCUT2D eigenvalue weighted by Crippen LogP contribution is -2.45. The van der Waals surface area contributed by atoms with Crippen LogP contribution in [0.3, 0.4) is 0 Å². The Morgan fingerprint density at radius 1 is 1.27 bits per heavy atom. The molecule has 0 radical (unpaired) electrons. The van der Waals surface area contributed by atoms with Crippen molar-refractivity contribution in [3.63, 3.8) is 0 Å². The van der Waals surface area contributed by atoms with Crippen molar-refractivity contribution in [2.75, 3.05) is 36.9 Å². The van der Waals surface area contributed by atoms with Gasteiger partial charge in [-0.1, -0.05) is 13.8 Å². The summed E-state index contributed by atoms with van der Waals surface area (Å²) in [5.41, 5.74) is 0.363. The Balaban J connectivity index is 2.48. The lowest BCUT2D eigenvalue weighted by Gasteiger charge is -2.37. The molecule has 4 heteroatoms. The maximum Gasteiger partial charge on any atom is 0.0363 e. The molecular weight excluding hydrogens is 226 g/mol. The van der Waals surface area contributed by atoms with Crippen LogP contribution in [0.2, 0.25) is 0 Å². The van der Waals surface area contributed by atoms with Gasteiger partial charge in [-0.15, -0.1) is 0 Å². The molecule has 0 aromatic rings. The molecule has 0 N–H and O–H groups in total. The highest BCUT2D eigenvalue weighted by molar-refractivity contribution is 7.85. The maximum absolute atomic E-state index is 11.3. The van der Waals surface area contributed by atoms with Gasteiger partial charge in [-0.2, -0.15) is 12.6 Å². The number of nitrogens with zero attached hydrogens (tertiary/aromatic N) is 1. The molecule has 1 fully saturated rings. The van der Waals surface area contributed by atoms with E-state index in [0.29, 0.717) is 5.41 Å². The van der Waals surface area contributed by atoms with Crippen molar-refractivity contribution in [1.82, 2.24) is 4.90 Å². The van der Waals surface area contributed by atoms with E-state index in [1.165, 1.54) is 12.8 Å². The lowest BCUT2D eigenvalue weighted by molar-refractivity contribution is 0.168. The fraction of sp³-hybridized carbons (Fsp3) is 1.00. The molecule has 0 aromatic carbocycles. The van der Waals surface area contributed by atoms with Gasteiger partial charge >= 0.3 is 0 Å². The zero-order valence-electron chi connectivity index (χ0n) is 9.87. The summed E-state index contributed by atoms with van der Waals surface area (Å²) in [6, 6.07) is 0. The van der Waals surface area contributed by atoms with Gasteiger partial charge in [0.25, 0.3) is 0 Å². The van der Waals surface area contributed by atoms with Gasteiger partial charge in [-0.25, -0.2) is 0 Å². The molecule has 1 aliphatic rings. The largest absolute Gasteiger partial charge is 0.301 e. The first-order valence-electron chi connectivity index (χ1n) is 5.84. The summed E-state index contributed by atoms with van der Waals surface area (Å²) >= 11 is 4.49. The van der Waals surface area contributed by atoms with Gasteiger partial charge in [0.1, 0.15) is 0 Å².